The molecule has 0 unspecified atom stereocenters. The number of carbonyl (C=O) groups is 2. The lowest BCUT2D eigenvalue weighted by Crippen LogP contribution is -2.84. The maximum Gasteiger partial charge on any atom is 0.317 e. The number of para-hydroxylation sites is 1. The summed E-state index contributed by atoms with van der Waals surface area (Å²) < 4.78 is 11.3. The predicted octanol–water partition coefficient (Wildman–Crippen LogP) is 3.28. The van der Waals surface area contributed by atoms with Crippen molar-refractivity contribution in [2.75, 3.05) is 32.1 Å². The first-order chi connectivity index (χ1) is 14.7. The van der Waals surface area contributed by atoms with Crippen LogP contribution in [0.3, 0.4) is 0 Å². The molecule has 1 saturated carbocycles. The van der Waals surface area contributed by atoms with Crippen molar-refractivity contribution < 1.29 is 19.1 Å². The van der Waals surface area contributed by atoms with E-state index in [1.54, 1.807) is 0 Å². The molecule has 31 heavy (non-hydrogen) atoms. The van der Waals surface area contributed by atoms with Crippen molar-refractivity contribution in [2.24, 2.45) is 10.8 Å². The first-order valence-corrected chi connectivity index (χ1v) is 11.2. The molecule has 1 aromatic carbocycles. The molecule has 6 nitrogen and oxygen atoms in total. The summed E-state index contributed by atoms with van der Waals surface area (Å²) in [5, 5.41) is 3.82. The Morgan fingerprint density at radius 1 is 1.29 bits per heavy atom. The topological polar surface area (TPSA) is 67.9 Å². The van der Waals surface area contributed by atoms with Crippen molar-refractivity contribution in [1.29, 1.82) is 0 Å². The Kier molecular flexibility index (Phi) is 4.21. The van der Waals surface area contributed by atoms with Gasteiger partial charge in [-0.2, -0.15) is 0 Å². The zero-order valence-corrected chi connectivity index (χ0v) is 19.1. The van der Waals surface area contributed by atoms with Crippen molar-refractivity contribution in [3.05, 3.63) is 41.5 Å². The summed E-state index contributed by atoms with van der Waals surface area (Å²) in [6.07, 6.45) is 3.76. The van der Waals surface area contributed by atoms with Gasteiger partial charge in [0.2, 0.25) is 0 Å². The standard InChI is InChI=1S/C25H32N2O4/c1-6-17-13-27-12-11-24-18-9-7-8-10-19(18)26-20(24)23(27,4)14-22(17,3)25(24,21(29)30-5)15-31-16(2)28/h6-10,20,26H,11-15H2,1-5H3/t20-,22+,23+,24-,25+/m1/s1. The van der Waals surface area contributed by atoms with E-state index in [9.17, 15) is 9.59 Å². The molecule has 3 bridgehead atoms. The van der Waals surface area contributed by atoms with Gasteiger partial charge in [-0.15, -0.1) is 0 Å². The number of benzene rings is 1. The monoisotopic (exact) mass is 424 g/mol. The van der Waals surface area contributed by atoms with E-state index in [0.29, 0.717) is 0 Å². The van der Waals surface area contributed by atoms with E-state index in [-0.39, 0.29) is 30.1 Å². The Labute approximate surface area is 184 Å². The highest BCUT2D eigenvalue weighted by Crippen LogP contribution is 2.74. The average molecular weight is 425 g/mol. The normalized spacial score (nSPS) is 41.3. The summed E-state index contributed by atoms with van der Waals surface area (Å²) in [5.74, 6) is -0.654. The van der Waals surface area contributed by atoms with Crippen molar-refractivity contribution in [2.45, 2.75) is 57.5 Å². The number of hydrogen-bond donors (Lipinski definition) is 1. The molecule has 5 rings (SSSR count). The smallest absolute Gasteiger partial charge is 0.317 e. The third-order valence-corrected chi connectivity index (χ3v) is 9.18. The van der Waals surface area contributed by atoms with Gasteiger partial charge >= 0.3 is 11.9 Å². The number of fused-ring (bicyclic) bond motifs is 2. The van der Waals surface area contributed by atoms with Crippen LogP contribution in [-0.4, -0.2) is 55.2 Å². The molecule has 0 radical (unpaired) electrons. The van der Waals surface area contributed by atoms with Crippen molar-refractivity contribution >= 4 is 17.6 Å². The van der Waals surface area contributed by atoms with Crippen LogP contribution in [0, 0.1) is 10.8 Å². The molecular weight excluding hydrogens is 392 g/mol. The fourth-order valence-electron chi connectivity index (χ4n) is 7.99. The van der Waals surface area contributed by atoms with E-state index in [4.69, 9.17) is 9.47 Å². The number of nitrogens with zero attached hydrogens (tertiary/aromatic N) is 1. The zero-order chi connectivity index (χ0) is 22.2. The molecule has 0 spiro atoms. The molecule has 1 aromatic rings. The lowest BCUT2D eigenvalue weighted by Gasteiger charge is -2.74. The van der Waals surface area contributed by atoms with Gasteiger partial charge in [0.25, 0.3) is 0 Å². The van der Waals surface area contributed by atoms with Crippen LogP contribution >= 0.6 is 0 Å². The molecule has 0 aromatic heterocycles. The first-order valence-electron chi connectivity index (χ1n) is 11.2. The van der Waals surface area contributed by atoms with Gasteiger partial charge in [0.1, 0.15) is 12.0 Å². The summed E-state index contributed by atoms with van der Waals surface area (Å²) >= 11 is 0. The van der Waals surface area contributed by atoms with Crippen LogP contribution in [0.4, 0.5) is 5.69 Å². The number of methoxy groups -OCH3 is 1. The summed E-state index contributed by atoms with van der Waals surface area (Å²) in [7, 11) is 1.46. The summed E-state index contributed by atoms with van der Waals surface area (Å²) in [6, 6.07) is 8.35. The van der Waals surface area contributed by atoms with Crippen LogP contribution in [0.25, 0.3) is 0 Å². The Morgan fingerprint density at radius 3 is 2.71 bits per heavy atom. The molecule has 1 N–H and O–H groups in total. The number of esters is 2. The Balaban J connectivity index is 1.89. The highest BCUT2D eigenvalue weighted by atomic mass is 16.5. The number of nitrogens with one attached hydrogen (secondary N) is 1. The number of anilines is 1. The maximum atomic E-state index is 14.0. The molecule has 3 fully saturated rings. The van der Waals surface area contributed by atoms with E-state index >= 15 is 0 Å². The molecule has 1 aliphatic carbocycles. The number of piperidine rings is 2. The lowest BCUT2D eigenvalue weighted by atomic mass is 9.35. The van der Waals surface area contributed by atoms with Crippen molar-refractivity contribution in [3.8, 4) is 0 Å². The molecule has 5 atom stereocenters. The minimum absolute atomic E-state index is 0.0193. The number of carbonyl (C=O) groups excluding carboxylic acids is 2. The summed E-state index contributed by atoms with van der Waals surface area (Å²) in [5.41, 5.74) is 1.23. The molecule has 2 saturated heterocycles. The minimum atomic E-state index is -1.03. The SMILES string of the molecule is CC=C1CN2CC[C@@]34c5ccccc5N[C@@H]3[C@]2(C)C[C@]1(C)[C@]4(COC(C)=O)C(=O)OC. The largest absolute Gasteiger partial charge is 0.468 e. The third-order valence-electron chi connectivity index (χ3n) is 9.18. The molecule has 0 amide bonds. The van der Waals surface area contributed by atoms with E-state index in [2.05, 4.69) is 49.2 Å². The van der Waals surface area contributed by atoms with Gasteiger partial charge in [-0.05, 0) is 38.3 Å². The van der Waals surface area contributed by atoms with Crippen molar-refractivity contribution in [1.82, 2.24) is 4.90 Å². The van der Waals surface area contributed by atoms with Crippen LogP contribution in [0.2, 0.25) is 0 Å². The van der Waals surface area contributed by atoms with Crippen LogP contribution in [-0.2, 0) is 24.5 Å². The highest BCUT2D eigenvalue weighted by Gasteiger charge is 2.81. The molecule has 4 aliphatic rings. The number of hydrogen-bond acceptors (Lipinski definition) is 6. The summed E-state index contributed by atoms with van der Waals surface area (Å²) in [4.78, 5) is 28.7. The van der Waals surface area contributed by atoms with Gasteiger partial charge in [-0.25, -0.2) is 0 Å². The Bertz CT molecular complexity index is 1000. The zero-order valence-electron chi connectivity index (χ0n) is 19.1. The second-order valence-electron chi connectivity index (χ2n) is 10.1. The summed E-state index contributed by atoms with van der Waals surface area (Å²) in [6.45, 7) is 9.71. The van der Waals surface area contributed by atoms with E-state index in [0.717, 1.165) is 37.2 Å². The molecular formula is C25H32N2O4. The third kappa shape index (κ3) is 2.12. The fourth-order valence-corrected chi connectivity index (χ4v) is 7.99. The Morgan fingerprint density at radius 2 is 2.03 bits per heavy atom. The number of ether oxygens (including phenoxy) is 2. The van der Waals surface area contributed by atoms with Gasteiger partial charge in [0.05, 0.1) is 13.2 Å². The Hall–Kier alpha value is -2.34. The maximum absolute atomic E-state index is 14.0. The highest BCUT2D eigenvalue weighted by molar-refractivity contribution is 5.86. The van der Waals surface area contributed by atoms with Crippen LogP contribution in [0.5, 0.6) is 0 Å². The molecule has 3 heterocycles. The van der Waals surface area contributed by atoms with E-state index in [1.807, 2.05) is 12.1 Å². The number of rotatable bonds is 3. The molecule has 166 valence electrons. The van der Waals surface area contributed by atoms with E-state index < -0.39 is 16.2 Å². The quantitative estimate of drug-likeness (QED) is 0.593. The van der Waals surface area contributed by atoms with Gasteiger partial charge in [0.15, 0.2) is 0 Å². The van der Waals surface area contributed by atoms with Gasteiger partial charge in [0, 0.05) is 42.1 Å². The predicted molar refractivity (Wildman–Crippen MR) is 118 cm³/mol. The van der Waals surface area contributed by atoms with Crippen LogP contribution in [0.15, 0.2) is 35.9 Å². The molecule has 6 heteroatoms. The van der Waals surface area contributed by atoms with Gasteiger partial charge in [-0.1, -0.05) is 36.8 Å². The second kappa shape index (κ2) is 6.35. The fraction of sp³-hybridized carbons (Fsp3) is 0.600. The van der Waals surface area contributed by atoms with Crippen LogP contribution in [0.1, 0.15) is 46.1 Å². The minimum Gasteiger partial charge on any atom is -0.468 e. The first kappa shape index (κ1) is 20.6. The lowest BCUT2D eigenvalue weighted by molar-refractivity contribution is -0.220. The second-order valence-corrected chi connectivity index (χ2v) is 10.1. The average Bonchev–Trinajstić information content (AvgIpc) is 3.09. The van der Waals surface area contributed by atoms with Gasteiger partial charge < -0.3 is 14.8 Å². The molecule has 3 aliphatic heterocycles. The van der Waals surface area contributed by atoms with Crippen LogP contribution < -0.4 is 5.32 Å². The van der Waals surface area contributed by atoms with E-state index in [1.165, 1.54) is 19.6 Å². The van der Waals surface area contributed by atoms with Gasteiger partial charge in [-0.3, -0.25) is 14.5 Å². The number of allylic oxidation sites excluding steroid dienone is 1. The van der Waals surface area contributed by atoms with Crippen molar-refractivity contribution in [3.63, 3.8) is 0 Å².